The molecule has 1 saturated heterocycles. The van der Waals surface area contributed by atoms with Crippen molar-refractivity contribution in [3.63, 3.8) is 0 Å². The number of nitrogens with one attached hydrogen (secondary N) is 1. The SMILES string of the molecule is Fc1ccc(Cn2c(CC3CCN(CCNc4nnc(Cl)c5ccccc45)CC3)nc3ccccc32)cc1. The van der Waals surface area contributed by atoms with Crippen LogP contribution in [-0.4, -0.2) is 50.8 Å². The van der Waals surface area contributed by atoms with Gasteiger partial charge in [0.05, 0.1) is 11.0 Å². The molecule has 38 heavy (non-hydrogen) atoms. The van der Waals surface area contributed by atoms with Crippen LogP contribution < -0.4 is 5.32 Å². The lowest BCUT2D eigenvalue weighted by Crippen LogP contribution is -2.37. The Morgan fingerprint density at radius 3 is 2.45 bits per heavy atom. The summed E-state index contributed by atoms with van der Waals surface area (Å²) in [4.78, 5) is 7.51. The second-order valence-electron chi connectivity index (χ2n) is 10.0. The zero-order valence-corrected chi connectivity index (χ0v) is 21.9. The summed E-state index contributed by atoms with van der Waals surface area (Å²) in [7, 11) is 0. The number of imidazole rings is 1. The number of benzene rings is 3. The molecular weight excluding hydrogens is 499 g/mol. The van der Waals surface area contributed by atoms with Crippen molar-refractivity contribution >= 4 is 39.2 Å². The fourth-order valence-electron chi connectivity index (χ4n) is 5.44. The van der Waals surface area contributed by atoms with Gasteiger partial charge in [0, 0.05) is 36.8 Å². The van der Waals surface area contributed by atoms with E-state index in [1.165, 1.54) is 12.1 Å². The molecule has 0 unspecified atom stereocenters. The zero-order valence-electron chi connectivity index (χ0n) is 21.2. The van der Waals surface area contributed by atoms with Crippen LogP contribution in [0.4, 0.5) is 10.2 Å². The van der Waals surface area contributed by atoms with Crippen molar-refractivity contribution in [2.24, 2.45) is 5.92 Å². The molecule has 0 spiro atoms. The highest BCUT2D eigenvalue weighted by molar-refractivity contribution is 6.34. The van der Waals surface area contributed by atoms with Crippen molar-refractivity contribution in [2.45, 2.75) is 25.8 Å². The molecule has 1 fully saturated rings. The first-order valence-electron chi connectivity index (χ1n) is 13.2. The summed E-state index contributed by atoms with van der Waals surface area (Å²) in [6.07, 6.45) is 3.24. The molecular formula is C30H30ClFN6. The van der Waals surface area contributed by atoms with Crippen LogP contribution in [0.1, 0.15) is 24.2 Å². The van der Waals surface area contributed by atoms with Gasteiger partial charge in [-0.2, -0.15) is 0 Å². The third-order valence-electron chi connectivity index (χ3n) is 7.53. The molecule has 0 aliphatic carbocycles. The molecule has 1 aliphatic heterocycles. The summed E-state index contributed by atoms with van der Waals surface area (Å²) in [5.41, 5.74) is 3.23. The van der Waals surface area contributed by atoms with E-state index in [-0.39, 0.29) is 5.82 Å². The number of hydrogen-bond donors (Lipinski definition) is 1. The second-order valence-corrected chi connectivity index (χ2v) is 10.4. The Kier molecular flexibility index (Phi) is 7.20. The first kappa shape index (κ1) is 24.8. The molecule has 6 rings (SSSR count). The van der Waals surface area contributed by atoms with E-state index in [0.29, 0.717) is 17.6 Å². The van der Waals surface area contributed by atoms with Crippen LogP contribution >= 0.6 is 11.6 Å². The van der Waals surface area contributed by atoms with Crippen LogP contribution in [0.3, 0.4) is 0 Å². The third kappa shape index (κ3) is 5.35. The molecule has 6 nitrogen and oxygen atoms in total. The maximum atomic E-state index is 13.4. The summed E-state index contributed by atoms with van der Waals surface area (Å²) in [6, 6.07) is 23.0. The number of nitrogens with zero attached hydrogens (tertiary/aromatic N) is 5. The lowest BCUT2D eigenvalue weighted by Gasteiger charge is -2.32. The van der Waals surface area contributed by atoms with Gasteiger partial charge in [-0.25, -0.2) is 9.37 Å². The maximum Gasteiger partial charge on any atom is 0.159 e. The Morgan fingerprint density at radius 2 is 1.63 bits per heavy atom. The van der Waals surface area contributed by atoms with Crippen molar-refractivity contribution in [3.8, 4) is 0 Å². The van der Waals surface area contributed by atoms with Gasteiger partial charge in [-0.15, -0.1) is 10.2 Å². The largest absolute Gasteiger partial charge is 0.367 e. The number of likely N-dealkylation sites (tertiary alicyclic amines) is 1. The van der Waals surface area contributed by atoms with Gasteiger partial charge < -0.3 is 14.8 Å². The summed E-state index contributed by atoms with van der Waals surface area (Å²) in [5.74, 6) is 2.28. The quantitative estimate of drug-likeness (QED) is 0.260. The highest BCUT2D eigenvalue weighted by Crippen LogP contribution is 2.27. The maximum absolute atomic E-state index is 13.4. The van der Waals surface area contributed by atoms with Gasteiger partial charge in [0.15, 0.2) is 11.0 Å². The number of halogens is 2. The average Bonchev–Trinajstić information content (AvgIpc) is 3.29. The van der Waals surface area contributed by atoms with Crippen molar-refractivity contribution in [1.82, 2.24) is 24.6 Å². The van der Waals surface area contributed by atoms with E-state index < -0.39 is 0 Å². The van der Waals surface area contributed by atoms with Crippen LogP contribution in [0.2, 0.25) is 5.15 Å². The number of hydrogen-bond acceptors (Lipinski definition) is 5. The van der Waals surface area contributed by atoms with E-state index in [4.69, 9.17) is 16.6 Å². The van der Waals surface area contributed by atoms with Crippen molar-refractivity contribution in [1.29, 1.82) is 0 Å². The molecule has 0 saturated carbocycles. The predicted octanol–water partition coefficient (Wildman–Crippen LogP) is 6.19. The van der Waals surface area contributed by atoms with Crippen LogP contribution in [-0.2, 0) is 13.0 Å². The number of fused-ring (bicyclic) bond motifs is 2. The van der Waals surface area contributed by atoms with Gasteiger partial charge >= 0.3 is 0 Å². The minimum absolute atomic E-state index is 0.208. The Bertz CT molecular complexity index is 1540. The van der Waals surface area contributed by atoms with Gasteiger partial charge in [-0.3, -0.25) is 0 Å². The van der Waals surface area contributed by atoms with E-state index >= 15 is 0 Å². The van der Waals surface area contributed by atoms with Gasteiger partial charge in [-0.05, 0) is 61.7 Å². The normalized spacial score (nSPS) is 14.9. The highest BCUT2D eigenvalue weighted by Gasteiger charge is 2.22. The van der Waals surface area contributed by atoms with E-state index in [9.17, 15) is 4.39 Å². The van der Waals surface area contributed by atoms with Gasteiger partial charge in [0.2, 0.25) is 0 Å². The smallest absolute Gasteiger partial charge is 0.159 e. The van der Waals surface area contributed by atoms with E-state index in [1.807, 2.05) is 42.5 Å². The predicted molar refractivity (Wildman–Crippen MR) is 151 cm³/mol. The van der Waals surface area contributed by atoms with Crippen LogP contribution in [0.25, 0.3) is 21.8 Å². The summed E-state index contributed by atoms with van der Waals surface area (Å²) >= 11 is 6.21. The number of aromatic nitrogens is 4. The molecule has 194 valence electrons. The summed E-state index contributed by atoms with van der Waals surface area (Å²) in [5, 5.41) is 14.2. The van der Waals surface area contributed by atoms with Crippen molar-refractivity contribution in [3.05, 3.63) is 95.2 Å². The number of anilines is 1. The molecule has 8 heteroatoms. The third-order valence-corrected chi connectivity index (χ3v) is 7.81. The van der Waals surface area contributed by atoms with Gasteiger partial charge in [0.25, 0.3) is 0 Å². The van der Waals surface area contributed by atoms with Gasteiger partial charge in [-0.1, -0.05) is 60.1 Å². The monoisotopic (exact) mass is 528 g/mol. The van der Waals surface area contributed by atoms with E-state index in [2.05, 4.69) is 43.2 Å². The van der Waals surface area contributed by atoms with Crippen molar-refractivity contribution < 1.29 is 4.39 Å². The zero-order chi connectivity index (χ0) is 25.9. The molecule has 3 aromatic carbocycles. The molecule has 0 bridgehead atoms. The van der Waals surface area contributed by atoms with Crippen LogP contribution in [0, 0.1) is 11.7 Å². The lowest BCUT2D eigenvalue weighted by atomic mass is 9.93. The Labute approximate surface area is 226 Å². The standard InChI is InChI=1S/C30H30ClFN6/c31-29-24-5-1-2-6-25(24)30(36-35-29)33-15-18-37-16-13-21(14-17-37)19-28-34-26-7-3-4-8-27(26)38(28)20-22-9-11-23(32)12-10-22/h1-12,21H,13-20H2,(H,33,36). The molecule has 0 amide bonds. The molecule has 2 aromatic heterocycles. The van der Waals surface area contributed by atoms with Crippen LogP contribution in [0.5, 0.6) is 0 Å². The molecule has 3 heterocycles. The fraction of sp³-hybridized carbons (Fsp3) is 0.300. The van der Waals surface area contributed by atoms with Crippen molar-refractivity contribution in [2.75, 3.05) is 31.5 Å². The first-order chi connectivity index (χ1) is 18.6. The molecule has 0 atom stereocenters. The minimum Gasteiger partial charge on any atom is -0.367 e. The summed E-state index contributed by atoms with van der Waals surface area (Å²) < 4.78 is 15.7. The summed E-state index contributed by atoms with van der Waals surface area (Å²) in [6.45, 7) is 4.59. The topological polar surface area (TPSA) is 58.9 Å². The Balaban J connectivity index is 1.06. The highest BCUT2D eigenvalue weighted by atomic mass is 35.5. The van der Waals surface area contributed by atoms with E-state index in [1.54, 1.807) is 0 Å². The number of rotatable bonds is 8. The molecule has 1 N–H and O–H groups in total. The fourth-order valence-corrected chi connectivity index (χ4v) is 5.64. The average molecular weight is 529 g/mol. The van der Waals surface area contributed by atoms with E-state index in [0.717, 1.165) is 84.5 Å². The lowest BCUT2D eigenvalue weighted by molar-refractivity contribution is 0.188. The second kappa shape index (κ2) is 11.1. The van der Waals surface area contributed by atoms with Gasteiger partial charge in [0.1, 0.15) is 11.6 Å². The van der Waals surface area contributed by atoms with Crippen LogP contribution in [0.15, 0.2) is 72.8 Å². The molecule has 5 aromatic rings. The minimum atomic E-state index is -0.208. The first-order valence-corrected chi connectivity index (χ1v) is 13.6. The number of piperidine rings is 1. The Hall–Kier alpha value is -3.55. The molecule has 1 aliphatic rings. The molecule has 0 radical (unpaired) electrons. The number of para-hydroxylation sites is 2. The Morgan fingerprint density at radius 1 is 0.895 bits per heavy atom.